The summed E-state index contributed by atoms with van der Waals surface area (Å²) in [5.41, 5.74) is 0. The van der Waals surface area contributed by atoms with Crippen LogP contribution in [0.1, 0.15) is 39.5 Å². The van der Waals surface area contributed by atoms with Crippen molar-refractivity contribution in [2.24, 2.45) is 5.92 Å². The van der Waals surface area contributed by atoms with E-state index in [-0.39, 0.29) is 0 Å². The number of rotatable bonds is 6. The second-order valence-electron chi connectivity index (χ2n) is 3.11. The van der Waals surface area contributed by atoms with Crippen LogP contribution in [0.3, 0.4) is 0 Å². The SMILES string of the molecule is CCC(C)CCCCNC. The lowest BCUT2D eigenvalue weighted by molar-refractivity contribution is 0.481. The minimum Gasteiger partial charge on any atom is -0.320 e. The van der Waals surface area contributed by atoms with Crippen molar-refractivity contribution in [3.8, 4) is 0 Å². The highest BCUT2D eigenvalue weighted by molar-refractivity contribution is 4.51. The van der Waals surface area contributed by atoms with Gasteiger partial charge in [0.05, 0.1) is 0 Å². The van der Waals surface area contributed by atoms with Gasteiger partial charge in [0.15, 0.2) is 0 Å². The van der Waals surface area contributed by atoms with E-state index in [1.54, 1.807) is 0 Å². The van der Waals surface area contributed by atoms with Gasteiger partial charge in [-0.3, -0.25) is 0 Å². The normalized spacial score (nSPS) is 13.5. The second-order valence-corrected chi connectivity index (χ2v) is 3.11. The summed E-state index contributed by atoms with van der Waals surface area (Å²) in [5.74, 6) is 0.928. The highest BCUT2D eigenvalue weighted by Crippen LogP contribution is 2.09. The van der Waals surface area contributed by atoms with Gasteiger partial charge in [-0.15, -0.1) is 0 Å². The van der Waals surface area contributed by atoms with Gasteiger partial charge in [-0.05, 0) is 25.9 Å². The van der Waals surface area contributed by atoms with E-state index in [9.17, 15) is 0 Å². The Morgan fingerprint density at radius 2 is 2.00 bits per heavy atom. The number of unbranched alkanes of at least 4 members (excludes halogenated alkanes) is 1. The van der Waals surface area contributed by atoms with Crippen molar-refractivity contribution in [3.63, 3.8) is 0 Å². The third-order valence-corrected chi connectivity index (χ3v) is 2.07. The lowest BCUT2D eigenvalue weighted by atomic mass is 10.0. The van der Waals surface area contributed by atoms with Crippen LogP contribution in [-0.4, -0.2) is 13.6 Å². The molecule has 0 aliphatic rings. The minimum atomic E-state index is 0.928. The summed E-state index contributed by atoms with van der Waals surface area (Å²) in [6, 6.07) is 0. The predicted octanol–water partition coefficient (Wildman–Crippen LogP) is 2.42. The highest BCUT2D eigenvalue weighted by Gasteiger charge is 1.96. The van der Waals surface area contributed by atoms with Gasteiger partial charge in [0, 0.05) is 0 Å². The third-order valence-electron chi connectivity index (χ3n) is 2.07. The lowest BCUT2D eigenvalue weighted by Gasteiger charge is -2.06. The van der Waals surface area contributed by atoms with Crippen LogP contribution in [0.5, 0.6) is 0 Å². The Bertz CT molecular complexity index is 61.7. The van der Waals surface area contributed by atoms with Crippen LogP contribution in [0.4, 0.5) is 0 Å². The van der Waals surface area contributed by atoms with Crippen LogP contribution in [0.25, 0.3) is 0 Å². The summed E-state index contributed by atoms with van der Waals surface area (Å²) in [7, 11) is 2.02. The monoisotopic (exact) mass is 143 g/mol. The van der Waals surface area contributed by atoms with Gasteiger partial charge >= 0.3 is 0 Å². The molecule has 0 aromatic heterocycles. The number of hydrogen-bond donors (Lipinski definition) is 1. The third kappa shape index (κ3) is 6.09. The van der Waals surface area contributed by atoms with Crippen LogP contribution in [-0.2, 0) is 0 Å². The molecule has 0 saturated carbocycles. The first kappa shape index (κ1) is 9.96. The maximum atomic E-state index is 3.16. The van der Waals surface area contributed by atoms with Crippen LogP contribution < -0.4 is 5.32 Å². The molecule has 0 heterocycles. The molecule has 1 N–H and O–H groups in total. The Kier molecular flexibility index (Phi) is 7.04. The van der Waals surface area contributed by atoms with Crippen LogP contribution in [0.2, 0.25) is 0 Å². The fourth-order valence-electron chi connectivity index (χ4n) is 0.999. The van der Waals surface area contributed by atoms with Gasteiger partial charge in [-0.2, -0.15) is 0 Å². The Hall–Kier alpha value is -0.0400. The maximum Gasteiger partial charge on any atom is -0.00519 e. The van der Waals surface area contributed by atoms with Gasteiger partial charge in [0.1, 0.15) is 0 Å². The minimum absolute atomic E-state index is 0.928. The van der Waals surface area contributed by atoms with E-state index < -0.39 is 0 Å². The molecule has 0 fully saturated rings. The van der Waals surface area contributed by atoms with Crippen molar-refractivity contribution >= 4 is 0 Å². The van der Waals surface area contributed by atoms with Gasteiger partial charge in [-0.1, -0.05) is 33.1 Å². The quantitative estimate of drug-likeness (QED) is 0.563. The van der Waals surface area contributed by atoms with E-state index in [0.717, 1.165) is 5.92 Å². The van der Waals surface area contributed by atoms with Crippen LogP contribution in [0, 0.1) is 5.92 Å². The van der Waals surface area contributed by atoms with Crippen molar-refractivity contribution < 1.29 is 0 Å². The summed E-state index contributed by atoms with van der Waals surface area (Å²) < 4.78 is 0. The number of hydrogen-bond acceptors (Lipinski definition) is 1. The van der Waals surface area contributed by atoms with Gasteiger partial charge in [0.2, 0.25) is 0 Å². The molecule has 0 aliphatic heterocycles. The predicted molar refractivity (Wildman–Crippen MR) is 47.2 cm³/mol. The van der Waals surface area contributed by atoms with Crippen LogP contribution in [0.15, 0.2) is 0 Å². The smallest absolute Gasteiger partial charge is 0.00519 e. The summed E-state index contributed by atoms with van der Waals surface area (Å²) in [6.45, 7) is 5.78. The molecule has 0 radical (unpaired) electrons. The summed E-state index contributed by atoms with van der Waals surface area (Å²) >= 11 is 0. The molecule has 1 unspecified atom stereocenters. The van der Waals surface area contributed by atoms with E-state index >= 15 is 0 Å². The van der Waals surface area contributed by atoms with Crippen molar-refractivity contribution in [1.29, 1.82) is 0 Å². The topological polar surface area (TPSA) is 12.0 Å². The molecule has 0 saturated heterocycles. The average Bonchev–Trinajstić information content (AvgIpc) is 1.98. The fourth-order valence-corrected chi connectivity index (χ4v) is 0.999. The Morgan fingerprint density at radius 3 is 2.50 bits per heavy atom. The first-order valence-electron chi connectivity index (χ1n) is 4.45. The van der Waals surface area contributed by atoms with E-state index in [0.29, 0.717) is 0 Å². The second kappa shape index (κ2) is 7.07. The van der Waals surface area contributed by atoms with Crippen molar-refractivity contribution in [2.75, 3.05) is 13.6 Å². The first-order chi connectivity index (χ1) is 4.81. The Labute approximate surface area is 65.2 Å². The molecule has 1 nitrogen and oxygen atoms in total. The molecule has 0 spiro atoms. The molecule has 1 heteroatoms. The largest absolute Gasteiger partial charge is 0.320 e. The molecule has 0 bridgehead atoms. The lowest BCUT2D eigenvalue weighted by Crippen LogP contribution is -2.07. The molecule has 10 heavy (non-hydrogen) atoms. The molecule has 0 aromatic rings. The zero-order valence-electron chi connectivity index (χ0n) is 7.61. The summed E-state index contributed by atoms with van der Waals surface area (Å²) in [5, 5.41) is 3.16. The first-order valence-corrected chi connectivity index (χ1v) is 4.45. The van der Waals surface area contributed by atoms with Crippen LogP contribution >= 0.6 is 0 Å². The van der Waals surface area contributed by atoms with E-state index in [1.807, 2.05) is 7.05 Å². The van der Waals surface area contributed by atoms with Crippen molar-refractivity contribution in [3.05, 3.63) is 0 Å². The highest BCUT2D eigenvalue weighted by atomic mass is 14.8. The molecule has 0 aliphatic carbocycles. The Balaban J connectivity index is 2.89. The van der Waals surface area contributed by atoms with Crippen molar-refractivity contribution in [1.82, 2.24) is 5.32 Å². The Morgan fingerprint density at radius 1 is 1.30 bits per heavy atom. The number of nitrogens with one attached hydrogen (secondary N) is 1. The maximum absolute atomic E-state index is 3.16. The fraction of sp³-hybridized carbons (Fsp3) is 1.00. The summed E-state index contributed by atoms with van der Waals surface area (Å²) in [4.78, 5) is 0. The molecular weight excluding hydrogens is 122 g/mol. The zero-order chi connectivity index (χ0) is 7.82. The molecular formula is C9H21N. The van der Waals surface area contributed by atoms with Crippen molar-refractivity contribution in [2.45, 2.75) is 39.5 Å². The zero-order valence-corrected chi connectivity index (χ0v) is 7.61. The molecule has 0 amide bonds. The standard InChI is InChI=1S/C9H21N/c1-4-9(2)7-5-6-8-10-3/h9-10H,4-8H2,1-3H3. The molecule has 0 aromatic carbocycles. The molecule has 0 rings (SSSR count). The van der Waals surface area contributed by atoms with Gasteiger partial charge in [0.25, 0.3) is 0 Å². The van der Waals surface area contributed by atoms with Gasteiger partial charge < -0.3 is 5.32 Å². The molecule has 62 valence electrons. The average molecular weight is 143 g/mol. The van der Waals surface area contributed by atoms with E-state index in [1.165, 1.54) is 32.2 Å². The molecule has 1 atom stereocenters. The summed E-state index contributed by atoms with van der Waals surface area (Å²) in [6.07, 6.45) is 5.45. The van der Waals surface area contributed by atoms with Gasteiger partial charge in [-0.25, -0.2) is 0 Å². The van der Waals surface area contributed by atoms with E-state index in [4.69, 9.17) is 0 Å². The van der Waals surface area contributed by atoms with E-state index in [2.05, 4.69) is 19.2 Å².